The fraction of sp³-hybridized carbons (Fsp3) is 0.355. The van der Waals surface area contributed by atoms with Crippen LogP contribution in [0.1, 0.15) is 63.0 Å². The number of carbonyl (C=O) groups is 2. The van der Waals surface area contributed by atoms with Gasteiger partial charge in [0.2, 0.25) is 0 Å². The molecule has 0 fully saturated rings. The summed E-state index contributed by atoms with van der Waals surface area (Å²) in [5.74, 6) is -1.83. The molecule has 5 rings (SSSR count). The van der Waals surface area contributed by atoms with Gasteiger partial charge in [-0.2, -0.15) is 0 Å². The first kappa shape index (κ1) is 28.8. The Morgan fingerprint density at radius 3 is 2.18 bits per heavy atom. The summed E-state index contributed by atoms with van der Waals surface area (Å²) in [7, 11) is 0. The molecule has 0 amide bonds. The molecule has 2 aromatic carbocycles. The first-order chi connectivity index (χ1) is 18.3. The molecule has 1 aliphatic carbocycles. The smallest absolute Gasteiger partial charge is 0.334 e. The van der Waals surface area contributed by atoms with E-state index in [-0.39, 0.29) is 11.5 Å². The van der Waals surface area contributed by atoms with Crippen molar-refractivity contribution >= 4 is 49.7 Å². The molecule has 0 saturated carbocycles. The average Bonchev–Trinajstić information content (AvgIpc) is 3.62. The van der Waals surface area contributed by atoms with Crippen LogP contribution in [0.25, 0.3) is 10.1 Å². The minimum Gasteiger partial charge on any atom is -0.480 e. The van der Waals surface area contributed by atoms with Crippen LogP contribution in [0.2, 0.25) is 0 Å². The van der Waals surface area contributed by atoms with Crippen LogP contribution in [0.4, 0.5) is 5.00 Å². The van der Waals surface area contributed by atoms with Crippen LogP contribution in [0.5, 0.6) is 0 Å². The Hall–Kier alpha value is -3.20. The third kappa shape index (κ3) is 5.46. The van der Waals surface area contributed by atoms with E-state index in [4.69, 9.17) is 10.8 Å². The standard InChI is InChI=1S/C19H21NO2S2.C12H15NO2/c1-18(2,3)20(16-12-13-8-5-6-9-14(13)24-16)19(4,17(21)22)15-10-7-11-23-15;1-12(13,11(14)15)10-7-6-8-4-2-3-5-9(8)10/h5-12H,1-4H3,(H,21,22);2-5,10H,6-7,13H2,1H3,(H,14,15)/t19-;10?,12-/m11/s1. The second-order valence-corrected chi connectivity index (χ2v) is 13.4. The summed E-state index contributed by atoms with van der Waals surface area (Å²) in [6, 6.07) is 22.0. The van der Waals surface area contributed by atoms with Gasteiger partial charge < -0.3 is 20.8 Å². The Kier molecular flexibility index (Phi) is 7.94. The molecule has 6 nitrogen and oxygen atoms in total. The summed E-state index contributed by atoms with van der Waals surface area (Å²) < 4.78 is 1.17. The molecule has 0 spiro atoms. The van der Waals surface area contributed by atoms with E-state index >= 15 is 0 Å². The average molecular weight is 565 g/mol. The molecule has 3 atom stereocenters. The first-order valence-electron chi connectivity index (χ1n) is 12.9. The molecule has 8 heteroatoms. The zero-order valence-electron chi connectivity index (χ0n) is 23.0. The number of benzene rings is 2. The Bertz CT molecular complexity index is 1440. The maximum absolute atomic E-state index is 12.4. The first-order valence-corrected chi connectivity index (χ1v) is 14.6. The molecule has 2 aromatic heterocycles. The molecular formula is C31H36N2O4S2. The van der Waals surface area contributed by atoms with Crippen molar-refractivity contribution in [3.05, 3.63) is 88.1 Å². The quantitative estimate of drug-likeness (QED) is 0.231. The minimum absolute atomic E-state index is 0.0637. The van der Waals surface area contributed by atoms with Crippen LogP contribution in [0.3, 0.4) is 0 Å². The molecule has 2 heterocycles. The fourth-order valence-corrected chi connectivity index (χ4v) is 7.72. The van der Waals surface area contributed by atoms with Gasteiger partial charge in [-0.15, -0.1) is 22.7 Å². The zero-order chi connectivity index (χ0) is 28.6. The molecule has 0 radical (unpaired) electrons. The number of carboxylic acids is 2. The predicted octanol–water partition coefficient (Wildman–Crippen LogP) is 7.09. The lowest BCUT2D eigenvalue weighted by molar-refractivity contribution is -0.144. The molecule has 1 aliphatic rings. The second-order valence-electron chi connectivity index (χ2n) is 11.4. The largest absolute Gasteiger partial charge is 0.480 e. The maximum Gasteiger partial charge on any atom is 0.334 e. The predicted molar refractivity (Wildman–Crippen MR) is 161 cm³/mol. The number of rotatable bonds is 6. The summed E-state index contributed by atoms with van der Waals surface area (Å²) in [6.07, 6.45) is 1.76. The topological polar surface area (TPSA) is 104 Å². The van der Waals surface area contributed by atoms with Crippen molar-refractivity contribution in [1.29, 1.82) is 0 Å². The highest BCUT2D eigenvalue weighted by Crippen LogP contribution is 2.45. The van der Waals surface area contributed by atoms with Gasteiger partial charge in [-0.25, -0.2) is 4.79 Å². The van der Waals surface area contributed by atoms with E-state index in [2.05, 4.69) is 39.0 Å². The van der Waals surface area contributed by atoms with Crippen molar-refractivity contribution in [2.75, 3.05) is 4.90 Å². The molecular weight excluding hydrogens is 528 g/mol. The summed E-state index contributed by atoms with van der Waals surface area (Å²) in [4.78, 5) is 26.3. The monoisotopic (exact) mass is 564 g/mol. The van der Waals surface area contributed by atoms with Crippen molar-refractivity contribution in [3.8, 4) is 0 Å². The zero-order valence-corrected chi connectivity index (χ0v) is 24.6. The number of aryl methyl sites for hydroxylation is 1. The lowest BCUT2D eigenvalue weighted by atomic mass is 9.82. The normalized spacial score (nSPS) is 17.8. The Morgan fingerprint density at radius 1 is 0.923 bits per heavy atom. The van der Waals surface area contributed by atoms with Crippen LogP contribution >= 0.6 is 22.7 Å². The summed E-state index contributed by atoms with van der Waals surface area (Å²) in [5, 5.41) is 23.3. The number of nitrogens with two attached hydrogens (primary N) is 1. The molecule has 1 unspecified atom stereocenters. The highest BCUT2D eigenvalue weighted by atomic mass is 32.1. The van der Waals surface area contributed by atoms with Crippen molar-refractivity contribution < 1.29 is 19.8 Å². The molecule has 0 saturated heterocycles. The van der Waals surface area contributed by atoms with Gasteiger partial charge in [0.05, 0.1) is 5.00 Å². The molecule has 0 aliphatic heterocycles. The minimum atomic E-state index is -1.16. The number of anilines is 1. The van der Waals surface area contributed by atoms with E-state index in [0.29, 0.717) is 0 Å². The summed E-state index contributed by atoms with van der Waals surface area (Å²) in [5.41, 5.74) is 5.59. The maximum atomic E-state index is 12.4. The van der Waals surface area contributed by atoms with Gasteiger partial charge in [-0.05, 0) is 87.6 Å². The van der Waals surface area contributed by atoms with Crippen LogP contribution in [0.15, 0.2) is 72.1 Å². The number of carboxylic acid groups (broad SMARTS) is 2. The molecule has 0 bridgehead atoms. The highest BCUT2D eigenvalue weighted by molar-refractivity contribution is 7.22. The van der Waals surface area contributed by atoms with Crippen molar-refractivity contribution in [2.24, 2.45) is 5.73 Å². The number of nitrogens with zero attached hydrogens (tertiary/aromatic N) is 1. The molecule has 4 N–H and O–H groups in total. The number of hydrogen-bond donors (Lipinski definition) is 3. The van der Waals surface area contributed by atoms with Crippen molar-refractivity contribution in [1.82, 2.24) is 0 Å². The van der Waals surface area contributed by atoms with E-state index in [1.165, 1.54) is 21.6 Å². The van der Waals surface area contributed by atoms with Crippen LogP contribution in [-0.4, -0.2) is 33.2 Å². The summed E-state index contributed by atoms with van der Waals surface area (Å²) >= 11 is 3.13. The number of hydrogen-bond acceptors (Lipinski definition) is 6. The Morgan fingerprint density at radius 2 is 1.59 bits per heavy atom. The molecule has 39 heavy (non-hydrogen) atoms. The van der Waals surface area contributed by atoms with Gasteiger partial charge >= 0.3 is 11.9 Å². The SMILES string of the molecule is CC(C)(C)N(c1cc2ccccc2s1)[C@@](C)(C(=O)O)c1cccs1.C[C@](N)(C(=O)O)C1CCc2ccccc21. The highest BCUT2D eigenvalue weighted by Gasteiger charge is 2.48. The van der Waals surface area contributed by atoms with E-state index < -0.39 is 23.0 Å². The number of aliphatic carboxylic acids is 2. The van der Waals surface area contributed by atoms with E-state index in [0.717, 1.165) is 33.7 Å². The van der Waals surface area contributed by atoms with Crippen LogP contribution < -0.4 is 10.6 Å². The summed E-state index contributed by atoms with van der Waals surface area (Å²) in [6.45, 7) is 9.59. The Labute approximate surface area is 237 Å². The molecule has 206 valence electrons. The fourth-order valence-electron chi connectivity index (χ4n) is 5.50. The van der Waals surface area contributed by atoms with Crippen LogP contribution in [0, 0.1) is 0 Å². The van der Waals surface area contributed by atoms with Crippen molar-refractivity contribution in [2.45, 2.75) is 70.0 Å². The van der Waals surface area contributed by atoms with Gasteiger partial charge in [0, 0.05) is 21.0 Å². The second kappa shape index (κ2) is 10.8. The third-order valence-electron chi connectivity index (χ3n) is 7.49. The van der Waals surface area contributed by atoms with Gasteiger partial charge in [-0.3, -0.25) is 4.79 Å². The van der Waals surface area contributed by atoms with Crippen molar-refractivity contribution in [3.63, 3.8) is 0 Å². The van der Waals surface area contributed by atoms with E-state index in [9.17, 15) is 14.7 Å². The number of fused-ring (bicyclic) bond motifs is 2. The third-order valence-corrected chi connectivity index (χ3v) is 9.67. The molecule has 4 aromatic rings. The van der Waals surface area contributed by atoms with Gasteiger partial charge in [-0.1, -0.05) is 48.5 Å². The lowest BCUT2D eigenvalue weighted by Crippen LogP contribution is -2.57. The number of thiophene rings is 2. The Balaban J connectivity index is 0.000000202. The van der Waals surface area contributed by atoms with Gasteiger partial charge in [0.1, 0.15) is 5.54 Å². The van der Waals surface area contributed by atoms with Crippen LogP contribution in [-0.2, 0) is 21.5 Å². The lowest BCUT2D eigenvalue weighted by Gasteiger charge is -2.46. The van der Waals surface area contributed by atoms with E-state index in [1.807, 2.05) is 58.8 Å². The van der Waals surface area contributed by atoms with Gasteiger partial charge in [0.15, 0.2) is 5.54 Å². The van der Waals surface area contributed by atoms with E-state index in [1.54, 1.807) is 25.2 Å². The van der Waals surface area contributed by atoms with Gasteiger partial charge in [0.25, 0.3) is 0 Å².